The Morgan fingerprint density at radius 1 is 0.623 bits per heavy atom. The molecule has 0 aromatic heterocycles. The maximum atomic E-state index is 12.9. The second-order valence-corrected chi connectivity index (χ2v) is 15.5. The molecule has 9 heteroatoms. The quantitative estimate of drug-likeness (QED) is 0.0275. The number of amides is 1. The Morgan fingerprint density at radius 2 is 1.06 bits per heavy atom. The van der Waals surface area contributed by atoms with Gasteiger partial charge in [-0.2, -0.15) is 0 Å². The molecule has 1 fully saturated rings. The van der Waals surface area contributed by atoms with E-state index in [9.17, 15) is 30.3 Å². The summed E-state index contributed by atoms with van der Waals surface area (Å²) in [4.78, 5) is 12.9. The molecule has 2 unspecified atom stereocenters. The largest absolute Gasteiger partial charge is 0.394 e. The predicted octanol–water partition coefficient (Wildman–Crippen LogP) is 8.72. The van der Waals surface area contributed by atoms with Crippen molar-refractivity contribution in [3.63, 3.8) is 0 Å². The molecule has 9 nitrogen and oxygen atoms in total. The summed E-state index contributed by atoms with van der Waals surface area (Å²) < 4.78 is 11.2. The second-order valence-electron chi connectivity index (χ2n) is 15.5. The zero-order valence-corrected chi connectivity index (χ0v) is 34.0. The molecular weight excluding hydrogens is 670 g/mol. The second kappa shape index (κ2) is 35.1. The number of ether oxygens (including phenoxy) is 2. The van der Waals surface area contributed by atoms with Gasteiger partial charge in [-0.05, 0) is 44.9 Å². The number of carbonyl (C=O) groups excluding carboxylic acids is 1. The molecule has 0 aliphatic carbocycles. The molecule has 1 aliphatic heterocycles. The molecule has 1 amide bonds. The van der Waals surface area contributed by atoms with Gasteiger partial charge in [0.1, 0.15) is 24.4 Å². The third kappa shape index (κ3) is 26.2. The lowest BCUT2D eigenvalue weighted by atomic mass is 9.99. The van der Waals surface area contributed by atoms with Crippen LogP contribution in [0.15, 0.2) is 24.3 Å². The van der Waals surface area contributed by atoms with Crippen LogP contribution in [0.2, 0.25) is 0 Å². The molecule has 1 rings (SSSR count). The van der Waals surface area contributed by atoms with Crippen LogP contribution in [0.1, 0.15) is 194 Å². The summed E-state index contributed by atoms with van der Waals surface area (Å²) in [7, 11) is 0. The lowest BCUT2D eigenvalue weighted by molar-refractivity contribution is -0.302. The Morgan fingerprint density at radius 3 is 1.55 bits per heavy atom. The van der Waals surface area contributed by atoms with Crippen molar-refractivity contribution in [1.29, 1.82) is 0 Å². The number of nitrogens with one attached hydrogen (secondary N) is 1. The Hall–Kier alpha value is -1.33. The topological polar surface area (TPSA) is 149 Å². The van der Waals surface area contributed by atoms with Crippen LogP contribution in [0.3, 0.4) is 0 Å². The minimum absolute atomic E-state index is 0.187. The molecule has 1 saturated heterocycles. The van der Waals surface area contributed by atoms with E-state index in [4.69, 9.17) is 9.47 Å². The summed E-state index contributed by atoms with van der Waals surface area (Å²) in [6, 6.07) is -0.805. The van der Waals surface area contributed by atoms with Crippen molar-refractivity contribution in [2.75, 3.05) is 13.2 Å². The number of allylic oxidation sites excluding steroid dienone is 3. The SMILES string of the molecule is CCCCCC/C=C/CCCCCCCC(=O)N[C@@H](CO[C@@H]1O[C@H](CO)[C@@H](O)C(O)C1O)[C@H](O)/C=C/CCCCCCCCCCCCCCCCC. The van der Waals surface area contributed by atoms with Crippen molar-refractivity contribution in [2.45, 2.75) is 236 Å². The summed E-state index contributed by atoms with van der Waals surface area (Å²) in [5, 5.41) is 54.1. The van der Waals surface area contributed by atoms with Crippen molar-refractivity contribution < 1.29 is 39.8 Å². The fourth-order valence-corrected chi connectivity index (χ4v) is 6.91. The van der Waals surface area contributed by atoms with E-state index in [-0.39, 0.29) is 12.5 Å². The highest BCUT2D eigenvalue weighted by Crippen LogP contribution is 2.22. The number of aliphatic hydroxyl groups is 5. The first-order chi connectivity index (χ1) is 25.8. The molecule has 6 N–H and O–H groups in total. The monoisotopic (exact) mass is 754 g/mol. The number of aliphatic hydroxyl groups excluding tert-OH is 5. The van der Waals surface area contributed by atoms with E-state index in [0.29, 0.717) is 6.42 Å². The van der Waals surface area contributed by atoms with Gasteiger partial charge in [-0.3, -0.25) is 4.79 Å². The van der Waals surface area contributed by atoms with Gasteiger partial charge in [-0.25, -0.2) is 0 Å². The Balaban J connectivity index is 2.39. The fourth-order valence-electron chi connectivity index (χ4n) is 6.91. The van der Waals surface area contributed by atoms with Crippen LogP contribution < -0.4 is 5.32 Å². The summed E-state index contributed by atoms with van der Waals surface area (Å²) in [6.45, 7) is 3.75. The third-order valence-electron chi connectivity index (χ3n) is 10.5. The van der Waals surface area contributed by atoms with E-state index in [0.717, 1.165) is 57.8 Å². The van der Waals surface area contributed by atoms with Gasteiger partial charge in [-0.15, -0.1) is 0 Å². The third-order valence-corrected chi connectivity index (χ3v) is 10.5. The first-order valence-electron chi connectivity index (χ1n) is 22.1. The first kappa shape index (κ1) is 49.7. The Kier molecular flexibility index (Phi) is 32.9. The van der Waals surface area contributed by atoms with Crippen LogP contribution in [-0.2, 0) is 14.3 Å². The van der Waals surface area contributed by atoms with Crippen molar-refractivity contribution >= 4 is 5.91 Å². The van der Waals surface area contributed by atoms with Gasteiger partial charge in [0.15, 0.2) is 6.29 Å². The van der Waals surface area contributed by atoms with Crippen LogP contribution in [0.25, 0.3) is 0 Å². The van der Waals surface area contributed by atoms with Gasteiger partial charge in [0.2, 0.25) is 5.91 Å². The fraction of sp³-hybridized carbons (Fsp3) is 0.886. The average molecular weight is 754 g/mol. The number of hydrogen-bond acceptors (Lipinski definition) is 8. The lowest BCUT2D eigenvalue weighted by Crippen LogP contribution is -2.60. The van der Waals surface area contributed by atoms with E-state index in [2.05, 4.69) is 31.3 Å². The number of carbonyl (C=O) groups is 1. The highest BCUT2D eigenvalue weighted by atomic mass is 16.7. The van der Waals surface area contributed by atoms with Gasteiger partial charge in [0.05, 0.1) is 25.4 Å². The Bertz CT molecular complexity index is 883. The van der Waals surface area contributed by atoms with Crippen molar-refractivity contribution in [2.24, 2.45) is 0 Å². The van der Waals surface area contributed by atoms with Gasteiger partial charge >= 0.3 is 0 Å². The summed E-state index contributed by atoms with van der Waals surface area (Å²) >= 11 is 0. The van der Waals surface area contributed by atoms with Gasteiger partial charge in [0, 0.05) is 6.42 Å². The van der Waals surface area contributed by atoms with E-state index in [1.165, 1.54) is 116 Å². The normalized spacial score (nSPS) is 21.8. The minimum atomic E-state index is -1.56. The van der Waals surface area contributed by atoms with Crippen LogP contribution >= 0.6 is 0 Å². The maximum Gasteiger partial charge on any atom is 0.220 e. The van der Waals surface area contributed by atoms with Crippen molar-refractivity contribution in [1.82, 2.24) is 5.32 Å². The molecule has 0 radical (unpaired) electrons. The van der Waals surface area contributed by atoms with Crippen LogP contribution in [-0.4, -0.2) is 87.5 Å². The van der Waals surface area contributed by atoms with Crippen LogP contribution in [0, 0.1) is 0 Å². The molecule has 0 aromatic carbocycles. The summed E-state index contributed by atoms with van der Waals surface area (Å²) in [5.74, 6) is -0.187. The van der Waals surface area contributed by atoms with E-state index in [1.54, 1.807) is 6.08 Å². The van der Waals surface area contributed by atoms with Gasteiger partial charge in [0.25, 0.3) is 0 Å². The number of hydrogen-bond donors (Lipinski definition) is 6. The van der Waals surface area contributed by atoms with Crippen molar-refractivity contribution in [3.05, 3.63) is 24.3 Å². The standard InChI is InChI=1S/C44H83NO8/c1-3-5-7-9-11-13-15-17-18-19-20-22-23-25-27-29-31-33-38(47)37(36-52-44-43(51)42(50)41(49)39(35-46)53-44)45-40(48)34-32-30-28-26-24-21-16-14-12-10-8-6-4-2/h14,16,31,33,37-39,41-44,46-47,49-51H,3-13,15,17-30,32,34-36H2,1-2H3,(H,45,48)/b16-14+,33-31+/t37-,38+,39+,41+,42?,43?,44+/m0/s1. The lowest BCUT2D eigenvalue weighted by Gasteiger charge is -2.40. The minimum Gasteiger partial charge on any atom is -0.394 e. The molecule has 7 atom stereocenters. The van der Waals surface area contributed by atoms with E-state index < -0.39 is 49.5 Å². The molecule has 0 aromatic rings. The molecule has 312 valence electrons. The number of rotatable bonds is 36. The average Bonchev–Trinajstić information content (AvgIpc) is 3.16. The molecule has 1 aliphatic rings. The first-order valence-corrected chi connectivity index (χ1v) is 22.1. The summed E-state index contributed by atoms with van der Waals surface area (Å²) in [5.41, 5.74) is 0. The predicted molar refractivity (Wildman–Crippen MR) is 217 cm³/mol. The maximum absolute atomic E-state index is 12.9. The highest BCUT2D eigenvalue weighted by molar-refractivity contribution is 5.76. The molecular formula is C44H83NO8. The smallest absolute Gasteiger partial charge is 0.220 e. The summed E-state index contributed by atoms with van der Waals surface area (Å²) in [6.07, 6.45) is 33.6. The van der Waals surface area contributed by atoms with Crippen LogP contribution in [0.5, 0.6) is 0 Å². The van der Waals surface area contributed by atoms with Crippen LogP contribution in [0.4, 0.5) is 0 Å². The van der Waals surface area contributed by atoms with E-state index in [1.807, 2.05) is 6.08 Å². The zero-order valence-electron chi connectivity index (χ0n) is 34.0. The molecule has 1 heterocycles. The van der Waals surface area contributed by atoms with E-state index >= 15 is 0 Å². The van der Waals surface area contributed by atoms with Gasteiger partial charge < -0.3 is 40.3 Å². The van der Waals surface area contributed by atoms with Gasteiger partial charge in [-0.1, -0.05) is 167 Å². The van der Waals surface area contributed by atoms with Crippen molar-refractivity contribution in [3.8, 4) is 0 Å². The number of unbranched alkanes of at least 4 members (excludes halogenated alkanes) is 24. The molecule has 53 heavy (non-hydrogen) atoms. The molecule has 0 spiro atoms. The molecule has 0 bridgehead atoms. The zero-order chi connectivity index (χ0) is 38.8. The highest BCUT2D eigenvalue weighted by Gasteiger charge is 2.44. The Labute approximate surface area is 324 Å². The molecule has 0 saturated carbocycles.